The van der Waals surface area contributed by atoms with Gasteiger partial charge in [-0.2, -0.15) is 0 Å². The lowest BCUT2D eigenvalue weighted by molar-refractivity contribution is 0.0982. The number of hydrogen-bond donors (Lipinski definition) is 1. The van der Waals surface area contributed by atoms with E-state index >= 15 is 0 Å². The molecule has 0 radical (unpaired) electrons. The Labute approximate surface area is 118 Å². The molecular formula is C13H19BrClNO. The zero-order valence-electron chi connectivity index (χ0n) is 10.0. The van der Waals surface area contributed by atoms with E-state index in [1.54, 1.807) is 0 Å². The first kappa shape index (κ1) is 16.6. The van der Waals surface area contributed by atoms with Crippen molar-refractivity contribution in [2.24, 2.45) is 0 Å². The van der Waals surface area contributed by atoms with Gasteiger partial charge in [0.15, 0.2) is 5.78 Å². The second-order valence-electron chi connectivity index (χ2n) is 3.78. The van der Waals surface area contributed by atoms with Crippen molar-refractivity contribution in [3.05, 3.63) is 34.3 Å². The van der Waals surface area contributed by atoms with Crippen LogP contribution in [0.1, 0.15) is 36.5 Å². The maximum atomic E-state index is 11.7. The van der Waals surface area contributed by atoms with Gasteiger partial charge in [0.1, 0.15) is 0 Å². The number of nitrogens with one attached hydrogen (secondary N) is 1. The number of carbonyl (C=O) groups excluding carboxylic acids is 1. The molecule has 0 aromatic heterocycles. The normalized spacial score (nSPS) is 9.76. The lowest BCUT2D eigenvalue weighted by Gasteiger charge is -2.03. The van der Waals surface area contributed by atoms with Crippen LogP contribution >= 0.6 is 28.3 Å². The number of carbonyl (C=O) groups is 1. The van der Waals surface area contributed by atoms with Crippen LogP contribution in [0.3, 0.4) is 0 Å². The average molecular weight is 321 g/mol. The third-order valence-corrected chi connectivity index (χ3v) is 2.93. The molecule has 0 amide bonds. The van der Waals surface area contributed by atoms with Crippen LogP contribution in [0.25, 0.3) is 0 Å². The number of unbranched alkanes of at least 4 members (excludes halogenated alkanes) is 1. The molecule has 4 heteroatoms. The first-order chi connectivity index (χ1) is 7.74. The molecule has 0 aliphatic carbocycles. The van der Waals surface area contributed by atoms with E-state index in [2.05, 4.69) is 28.2 Å². The SMILES string of the molecule is CCCCNCCC(=O)c1ccc(Br)cc1.Cl. The molecule has 1 aromatic rings. The molecule has 0 spiro atoms. The molecule has 0 aliphatic rings. The summed E-state index contributed by atoms with van der Waals surface area (Å²) in [6.45, 7) is 3.94. The van der Waals surface area contributed by atoms with E-state index < -0.39 is 0 Å². The van der Waals surface area contributed by atoms with Gasteiger partial charge in [-0.05, 0) is 25.1 Å². The predicted molar refractivity (Wildman–Crippen MR) is 78.1 cm³/mol. The second-order valence-corrected chi connectivity index (χ2v) is 4.70. The first-order valence-electron chi connectivity index (χ1n) is 5.73. The molecule has 17 heavy (non-hydrogen) atoms. The summed E-state index contributed by atoms with van der Waals surface area (Å²) in [5.74, 6) is 0.205. The highest BCUT2D eigenvalue weighted by Crippen LogP contribution is 2.11. The fraction of sp³-hybridized carbons (Fsp3) is 0.462. The number of Topliss-reactive ketones (excluding diaryl/α,β-unsaturated/α-hetero) is 1. The highest BCUT2D eigenvalue weighted by atomic mass is 79.9. The summed E-state index contributed by atoms with van der Waals surface area (Å²) in [5, 5.41) is 3.27. The smallest absolute Gasteiger partial charge is 0.164 e. The summed E-state index contributed by atoms with van der Waals surface area (Å²) >= 11 is 3.35. The van der Waals surface area contributed by atoms with Crippen molar-refractivity contribution in [3.63, 3.8) is 0 Å². The molecule has 0 saturated carbocycles. The van der Waals surface area contributed by atoms with Gasteiger partial charge in [0.25, 0.3) is 0 Å². The minimum absolute atomic E-state index is 0. The Morgan fingerprint density at radius 1 is 1.24 bits per heavy atom. The molecule has 2 nitrogen and oxygen atoms in total. The van der Waals surface area contributed by atoms with Crippen molar-refractivity contribution in [2.75, 3.05) is 13.1 Å². The minimum atomic E-state index is 0. The molecule has 0 atom stereocenters. The van der Waals surface area contributed by atoms with Crippen LogP contribution < -0.4 is 5.32 Å². The van der Waals surface area contributed by atoms with Gasteiger partial charge < -0.3 is 5.32 Å². The van der Waals surface area contributed by atoms with Gasteiger partial charge in [-0.15, -0.1) is 12.4 Å². The minimum Gasteiger partial charge on any atom is -0.316 e. The maximum absolute atomic E-state index is 11.7. The summed E-state index contributed by atoms with van der Waals surface area (Å²) in [6.07, 6.45) is 2.94. The van der Waals surface area contributed by atoms with Gasteiger partial charge in [0.2, 0.25) is 0 Å². The Balaban J connectivity index is 0.00000256. The number of ketones is 1. The van der Waals surface area contributed by atoms with Crippen molar-refractivity contribution in [3.8, 4) is 0 Å². The van der Waals surface area contributed by atoms with Gasteiger partial charge in [-0.25, -0.2) is 0 Å². The van der Waals surface area contributed by atoms with Crippen molar-refractivity contribution in [2.45, 2.75) is 26.2 Å². The average Bonchev–Trinajstić information content (AvgIpc) is 2.29. The van der Waals surface area contributed by atoms with Crippen LogP contribution in [0.2, 0.25) is 0 Å². The van der Waals surface area contributed by atoms with Crippen LogP contribution in [0.4, 0.5) is 0 Å². The van der Waals surface area contributed by atoms with Gasteiger partial charge in [-0.3, -0.25) is 4.79 Å². The van der Waals surface area contributed by atoms with Crippen LogP contribution in [-0.2, 0) is 0 Å². The van der Waals surface area contributed by atoms with E-state index in [0.717, 1.165) is 23.1 Å². The predicted octanol–water partition coefficient (Wildman–Crippen LogP) is 3.83. The van der Waals surface area contributed by atoms with Crippen molar-refractivity contribution < 1.29 is 4.79 Å². The van der Waals surface area contributed by atoms with Gasteiger partial charge in [0.05, 0.1) is 0 Å². The summed E-state index contributed by atoms with van der Waals surface area (Å²) < 4.78 is 1.00. The number of halogens is 2. The van der Waals surface area contributed by atoms with Crippen LogP contribution in [-0.4, -0.2) is 18.9 Å². The number of rotatable bonds is 7. The molecule has 0 aliphatic heterocycles. The first-order valence-corrected chi connectivity index (χ1v) is 6.53. The quantitative estimate of drug-likeness (QED) is 0.611. The fourth-order valence-corrected chi connectivity index (χ4v) is 1.67. The van der Waals surface area contributed by atoms with E-state index in [9.17, 15) is 4.79 Å². The lowest BCUT2D eigenvalue weighted by Crippen LogP contribution is -2.19. The van der Waals surface area contributed by atoms with Gasteiger partial charge in [-0.1, -0.05) is 41.4 Å². The molecule has 0 bridgehead atoms. The summed E-state index contributed by atoms with van der Waals surface area (Å²) in [6, 6.07) is 7.52. The van der Waals surface area contributed by atoms with Crippen molar-refractivity contribution in [1.29, 1.82) is 0 Å². The molecule has 0 saturated heterocycles. The maximum Gasteiger partial charge on any atom is 0.164 e. The van der Waals surface area contributed by atoms with Crippen molar-refractivity contribution in [1.82, 2.24) is 5.32 Å². The molecular weight excluding hydrogens is 302 g/mol. The standard InChI is InChI=1S/C13H18BrNO.ClH/c1-2-3-9-15-10-8-13(16)11-4-6-12(14)7-5-11;/h4-7,15H,2-3,8-10H2,1H3;1H. The van der Waals surface area contributed by atoms with Crippen LogP contribution in [0.15, 0.2) is 28.7 Å². The van der Waals surface area contributed by atoms with Gasteiger partial charge >= 0.3 is 0 Å². The number of benzene rings is 1. The molecule has 1 rings (SSSR count). The largest absolute Gasteiger partial charge is 0.316 e. The highest BCUT2D eigenvalue weighted by Gasteiger charge is 2.04. The molecule has 1 N–H and O–H groups in total. The molecule has 1 aromatic carbocycles. The number of hydrogen-bond acceptors (Lipinski definition) is 2. The molecule has 0 fully saturated rings. The zero-order valence-corrected chi connectivity index (χ0v) is 12.4. The summed E-state index contributed by atoms with van der Waals surface area (Å²) in [5.41, 5.74) is 0.792. The highest BCUT2D eigenvalue weighted by molar-refractivity contribution is 9.10. The third-order valence-electron chi connectivity index (χ3n) is 2.40. The molecule has 0 unspecified atom stereocenters. The lowest BCUT2D eigenvalue weighted by atomic mass is 10.1. The van der Waals surface area contributed by atoms with Gasteiger partial charge in [0, 0.05) is 23.0 Å². The van der Waals surface area contributed by atoms with E-state index in [1.165, 1.54) is 12.8 Å². The topological polar surface area (TPSA) is 29.1 Å². The fourth-order valence-electron chi connectivity index (χ4n) is 1.41. The van der Waals surface area contributed by atoms with Crippen LogP contribution in [0.5, 0.6) is 0 Å². The monoisotopic (exact) mass is 319 g/mol. The molecule has 96 valence electrons. The Kier molecular flexibility index (Phi) is 9.41. The summed E-state index contributed by atoms with van der Waals surface area (Å²) in [7, 11) is 0. The van der Waals surface area contributed by atoms with Crippen molar-refractivity contribution >= 4 is 34.1 Å². The Morgan fingerprint density at radius 3 is 2.47 bits per heavy atom. The van der Waals surface area contributed by atoms with E-state index in [4.69, 9.17) is 0 Å². The van der Waals surface area contributed by atoms with Crippen LogP contribution in [0, 0.1) is 0 Å². The Hall–Kier alpha value is -0.380. The summed E-state index contributed by atoms with van der Waals surface area (Å²) in [4.78, 5) is 11.7. The van der Waals surface area contributed by atoms with E-state index in [1.807, 2.05) is 24.3 Å². The molecule has 0 heterocycles. The Bertz CT molecular complexity index is 327. The second kappa shape index (κ2) is 9.63. The van der Waals surface area contributed by atoms with E-state index in [-0.39, 0.29) is 18.2 Å². The van der Waals surface area contributed by atoms with E-state index in [0.29, 0.717) is 6.42 Å². The zero-order chi connectivity index (χ0) is 11.8. The Morgan fingerprint density at radius 2 is 1.88 bits per heavy atom. The third kappa shape index (κ3) is 6.81.